The molecule has 1 amide bonds. The van der Waals surface area contributed by atoms with E-state index in [-0.39, 0.29) is 42.8 Å². The van der Waals surface area contributed by atoms with Gasteiger partial charge in [-0.2, -0.15) is 0 Å². The van der Waals surface area contributed by atoms with Crippen molar-refractivity contribution in [3.8, 4) is 0 Å². The highest BCUT2D eigenvalue weighted by Crippen LogP contribution is 2.25. The number of nitrogens with one attached hydrogen (secondary N) is 2. The first kappa shape index (κ1) is 20.3. The highest BCUT2D eigenvalue weighted by Gasteiger charge is 2.29. The van der Waals surface area contributed by atoms with Gasteiger partial charge in [0.1, 0.15) is 11.9 Å². The predicted molar refractivity (Wildman–Crippen MR) is 95.1 cm³/mol. The summed E-state index contributed by atoms with van der Waals surface area (Å²) in [5.41, 5.74) is 0. The molecule has 2 atom stereocenters. The normalized spacial score (nSPS) is 23.6. The first-order chi connectivity index (χ1) is 10.2. The fourth-order valence-corrected chi connectivity index (χ4v) is 2.96. The Hall–Kier alpha value is -0.790. The fraction of sp³-hybridized carbons (Fsp3) is 0.571. The molecule has 3 heterocycles. The molecule has 6 nitrogen and oxygen atoms in total. The van der Waals surface area contributed by atoms with Crippen LogP contribution in [0.3, 0.4) is 0 Å². The van der Waals surface area contributed by atoms with Crippen molar-refractivity contribution in [3.63, 3.8) is 0 Å². The summed E-state index contributed by atoms with van der Waals surface area (Å²) in [7, 11) is 0. The van der Waals surface area contributed by atoms with Gasteiger partial charge in [0, 0.05) is 31.9 Å². The Morgan fingerprint density at radius 3 is 3.00 bits per heavy atom. The predicted octanol–water partition coefficient (Wildman–Crippen LogP) is 1.26. The van der Waals surface area contributed by atoms with Gasteiger partial charge in [0.05, 0.1) is 18.2 Å². The zero-order chi connectivity index (χ0) is 14.7. The van der Waals surface area contributed by atoms with Crippen molar-refractivity contribution in [2.75, 3.05) is 37.7 Å². The van der Waals surface area contributed by atoms with Gasteiger partial charge in [0.2, 0.25) is 5.91 Å². The Balaban J connectivity index is 0.00000132. The summed E-state index contributed by atoms with van der Waals surface area (Å²) in [5, 5.41) is 6.88. The lowest BCUT2D eigenvalue weighted by Crippen LogP contribution is -2.53. The number of amides is 1. The molecular formula is C14H21Cl3N4O2. The minimum absolute atomic E-state index is 0. The molecule has 130 valence electrons. The quantitative estimate of drug-likeness (QED) is 0.823. The highest BCUT2D eigenvalue weighted by atomic mass is 35.5. The Morgan fingerprint density at radius 1 is 1.48 bits per heavy atom. The zero-order valence-electron chi connectivity index (χ0n) is 12.5. The molecule has 1 aromatic rings. The Bertz CT molecular complexity index is 515. The monoisotopic (exact) mass is 382 g/mol. The number of morpholine rings is 1. The van der Waals surface area contributed by atoms with E-state index in [2.05, 4.69) is 20.5 Å². The molecule has 0 aromatic carbocycles. The van der Waals surface area contributed by atoms with Crippen molar-refractivity contribution >= 4 is 48.1 Å². The first-order valence-electron chi connectivity index (χ1n) is 7.21. The maximum atomic E-state index is 12.2. The molecule has 9 heteroatoms. The largest absolute Gasteiger partial charge is 0.378 e. The van der Waals surface area contributed by atoms with Gasteiger partial charge >= 0.3 is 0 Å². The number of halogens is 3. The van der Waals surface area contributed by atoms with Crippen molar-refractivity contribution in [1.82, 2.24) is 15.6 Å². The molecule has 0 spiro atoms. The number of hydrogen-bond acceptors (Lipinski definition) is 5. The van der Waals surface area contributed by atoms with Crippen LogP contribution in [0.1, 0.15) is 6.42 Å². The van der Waals surface area contributed by atoms with Gasteiger partial charge in [-0.05, 0) is 18.6 Å². The van der Waals surface area contributed by atoms with Crippen molar-refractivity contribution < 1.29 is 9.53 Å². The van der Waals surface area contributed by atoms with Crippen LogP contribution in [0.25, 0.3) is 0 Å². The molecule has 3 rings (SSSR count). The smallest absolute Gasteiger partial charge is 0.239 e. The van der Waals surface area contributed by atoms with E-state index < -0.39 is 0 Å². The third-order valence-electron chi connectivity index (χ3n) is 3.81. The van der Waals surface area contributed by atoms with E-state index in [1.165, 1.54) is 0 Å². The molecule has 2 aliphatic rings. The SMILES string of the molecule is Cl.Cl.O=C(NC1CCN(c2ncccc2Cl)C1)C1COCCN1. The van der Waals surface area contributed by atoms with Crippen LogP contribution in [0.4, 0.5) is 5.82 Å². The van der Waals surface area contributed by atoms with Crippen molar-refractivity contribution in [3.05, 3.63) is 23.4 Å². The third kappa shape index (κ3) is 5.09. The van der Waals surface area contributed by atoms with Gasteiger partial charge < -0.3 is 20.3 Å². The number of nitrogens with zero attached hydrogens (tertiary/aromatic N) is 2. The van der Waals surface area contributed by atoms with Gasteiger partial charge in [-0.3, -0.25) is 4.79 Å². The second-order valence-corrected chi connectivity index (χ2v) is 5.74. The average molecular weight is 384 g/mol. The maximum Gasteiger partial charge on any atom is 0.239 e. The number of pyridine rings is 1. The minimum Gasteiger partial charge on any atom is -0.378 e. The summed E-state index contributed by atoms with van der Waals surface area (Å²) in [5.74, 6) is 0.795. The number of rotatable bonds is 3. The number of carbonyl (C=O) groups is 1. The summed E-state index contributed by atoms with van der Waals surface area (Å²) in [6.45, 7) is 3.40. The van der Waals surface area contributed by atoms with Crippen molar-refractivity contribution in [2.24, 2.45) is 0 Å². The van der Waals surface area contributed by atoms with Crippen LogP contribution in [0.2, 0.25) is 5.02 Å². The first-order valence-corrected chi connectivity index (χ1v) is 7.59. The molecule has 2 unspecified atom stereocenters. The van der Waals surface area contributed by atoms with Gasteiger partial charge in [0.25, 0.3) is 0 Å². The maximum absolute atomic E-state index is 12.2. The molecule has 2 saturated heterocycles. The topological polar surface area (TPSA) is 66.5 Å². The van der Waals surface area contributed by atoms with Gasteiger partial charge in [-0.15, -0.1) is 24.8 Å². The van der Waals surface area contributed by atoms with Gasteiger partial charge in [0.15, 0.2) is 0 Å². The Labute approximate surface area is 153 Å². The number of carbonyl (C=O) groups excluding carboxylic acids is 1. The minimum atomic E-state index is -0.244. The van der Waals surface area contributed by atoms with Crippen molar-refractivity contribution in [2.45, 2.75) is 18.5 Å². The van der Waals surface area contributed by atoms with Crippen LogP contribution in [-0.2, 0) is 9.53 Å². The van der Waals surface area contributed by atoms with E-state index in [4.69, 9.17) is 16.3 Å². The summed E-state index contributed by atoms with van der Waals surface area (Å²) >= 11 is 6.16. The lowest BCUT2D eigenvalue weighted by atomic mass is 10.2. The van der Waals surface area contributed by atoms with Crippen LogP contribution in [0.15, 0.2) is 18.3 Å². The van der Waals surface area contributed by atoms with Crippen LogP contribution in [0.5, 0.6) is 0 Å². The molecule has 2 fully saturated rings. The second kappa shape index (κ2) is 9.49. The standard InChI is InChI=1S/C14H19ClN4O2.2ClH/c15-11-2-1-4-17-13(11)19-6-3-10(8-19)18-14(20)12-9-21-7-5-16-12;;/h1-2,4,10,12,16H,3,5-9H2,(H,18,20);2*1H. The molecule has 2 aliphatic heterocycles. The van der Waals surface area contributed by atoms with Crippen LogP contribution >= 0.6 is 36.4 Å². The van der Waals surface area contributed by atoms with Crippen LogP contribution in [0, 0.1) is 0 Å². The van der Waals surface area contributed by atoms with Gasteiger partial charge in [-0.25, -0.2) is 4.98 Å². The summed E-state index contributed by atoms with van der Waals surface area (Å²) in [6, 6.07) is 3.53. The summed E-state index contributed by atoms with van der Waals surface area (Å²) < 4.78 is 5.31. The lowest BCUT2D eigenvalue weighted by Gasteiger charge is -2.25. The number of ether oxygens (including phenoxy) is 1. The average Bonchev–Trinajstić information content (AvgIpc) is 2.97. The second-order valence-electron chi connectivity index (χ2n) is 5.33. The van der Waals surface area contributed by atoms with E-state index in [0.717, 1.165) is 31.9 Å². The lowest BCUT2D eigenvalue weighted by molar-refractivity contribution is -0.126. The van der Waals surface area contributed by atoms with Crippen LogP contribution < -0.4 is 15.5 Å². The highest BCUT2D eigenvalue weighted by molar-refractivity contribution is 6.32. The van der Waals surface area contributed by atoms with E-state index in [1.54, 1.807) is 6.20 Å². The van der Waals surface area contributed by atoms with E-state index in [9.17, 15) is 4.79 Å². The molecule has 2 N–H and O–H groups in total. The fourth-order valence-electron chi connectivity index (χ4n) is 2.72. The Morgan fingerprint density at radius 2 is 2.30 bits per heavy atom. The molecule has 0 bridgehead atoms. The van der Waals surface area contributed by atoms with E-state index in [0.29, 0.717) is 18.2 Å². The summed E-state index contributed by atoms with van der Waals surface area (Å²) in [4.78, 5) is 18.6. The molecule has 0 aliphatic carbocycles. The van der Waals surface area contributed by atoms with Crippen LogP contribution in [-0.4, -0.2) is 55.8 Å². The van der Waals surface area contributed by atoms with Crippen molar-refractivity contribution in [1.29, 1.82) is 0 Å². The molecule has 1 aromatic heterocycles. The number of aromatic nitrogens is 1. The third-order valence-corrected chi connectivity index (χ3v) is 4.11. The Kier molecular flexibility index (Phi) is 8.36. The van der Waals surface area contributed by atoms with E-state index in [1.807, 2.05) is 12.1 Å². The molecule has 0 saturated carbocycles. The summed E-state index contributed by atoms with van der Waals surface area (Å²) in [6.07, 6.45) is 2.63. The van der Waals surface area contributed by atoms with E-state index >= 15 is 0 Å². The number of hydrogen-bond donors (Lipinski definition) is 2. The molecule has 0 radical (unpaired) electrons. The molecule has 23 heavy (non-hydrogen) atoms. The van der Waals surface area contributed by atoms with Gasteiger partial charge in [-0.1, -0.05) is 11.6 Å². The number of anilines is 1. The molecular weight excluding hydrogens is 363 g/mol. The zero-order valence-corrected chi connectivity index (χ0v) is 14.9.